The van der Waals surface area contributed by atoms with Crippen molar-refractivity contribution in [3.8, 4) is 11.5 Å². The lowest BCUT2D eigenvalue weighted by Gasteiger charge is -2.09. The molecule has 0 saturated heterocycles. The van der Waals surface area contributed by atoms with Gasteiger partial charge in [0.2, 0.25) is 0 Å². The van der Waals surface area contributed by atoms with Gasteiger partial charge in [-0.15, -0.1) is 0 Å². The van der Waals surface area contributed by atoms with E-state index in [0.717, 1.165) is 0 Å². The van der Waals surface area contributed by atoms with Crippen molar-refractivity contribution in [2.24, 2.45) is 0 Å². The van der Waals surface area contributed by atoms with E-state index >= 15 is 0 Å². The molecule has 2 aromatic carbocycles. The van der Waals surface area contributed by atoms with Gasteiger partial charge in [0.25, 0.3) is 0 Å². The Bertz CT molecular complexity index is 783. The number of hydrogen-bond donors (Lipinski definition) is 1. The quantitative estimate of drug-likeness (QED) is 0.623. The second kappa shape index (κ2) is 7.92. The van der Waals surface area contributed by atoms with E-state index in [9.17, 15) is 14.0 Å². The monoisotopic (exact) mass is 330 g/mol. The molecule has 0 aliphatic rings. The predicted molar refractivity (Wildman–Crippen MR) is 85.9 cm³/mol. The maximum absolute atomic E-state index is 13.5. The minimum Gasteiger partial charge on any atom is -0.493 e. The molecular formula is C18H15FO5. The van der Waals surface area contributed by atoms with Crippen LogP contribution in [0.5, 0.6) is 11.5 Å². The Labute approximate surface area is 137 Å². The fourth-order valence-corrected chi connectivity index (χ4v) is 1.95. The van der Waals surface area contributed by atoms with E-state index in [0.29, 0.717) is 11.1 Å². The van der Waals surface area contributed by atoms with Crippen LogP contribution in [0.15, 0.2) is 48.5 Å². The van der Waals surface area contributed by atoms with Crippen LogP contribution in [0.1, 0.15) is 15.9 Å². The summed E-state index contributed by atoms with van der Waals surface area (Å²) in [5.74, 6) is -1.43. The van der Waals surface area contributed by atoms with Gasteiger partial charge < -0.3 is 14.6 Å². The third-order valence-corrected chi connectivity index (χ3v) is 3.12. The molecule has 0 spiro atoms. The van der Waals surface area contributed by atoms with Gasteiger partial charge in [-0.1, -0.05) is 18.2 Å². The molecule has 0 heterocycles. The molecular weight excluding hydrogens is 315 g/mol. The second-order valence-electron chi connectivity index (χ2n) is 4.77. The first-order valence-corrected chi connectivity index (χ1v) is 7.01. The van der Waals surface area contributed by atoms with Crippen molar-refractivity contribution >= 4 is 17.8 Å². The van der Waals surface area contributed by atoms with Gasteiger partial charge in [-0.2, -0.15) is 0 Å². The van der Waals surface area contributed by atoms with Gasteiger partial charge in [-0.3, -0.25) is 4.79 Å². The maximum Gasteiger partial charge on any atom is 0.341 e. The number of ether oxygens (including phenoxy) is 2. The number of rotatable bonds is 7. The number of carbonyl (C=O) groups is 2. The van der Waals surface area contributed by atoms with Gasteiger partial charge in [0, 0.05) is 11.1 Å². The topological polar surface area (TPSA) is 72.8 Å². The summed E-state index contributed by atoms with van der Waals surface area (Å²) in [5.41, 5.74) is 0.612. The molecule has 0 saturated carbocycles. The maximum atomic E-state index is 13.5. The zero-order valence-electron chi connectivity index (χ0n) is 12.9. The van der Waals surface area contributed by atoms with E-state index in [2.05, 4.69) is 0 Å². The van der Waals surface area contributed by atoms with Gasteiger partial charge in [-0.25, -0.2) is 9.18 Å². The number of benzene rings is 2. The van der Waals surface area contributed by atoms with Crippen molar-refractivity contribution in [2.45, 2.75) is 0 Å². The number of ketones is 1. The number of carboxylic acids is 1. The second-order valence-corrected chi connectivity index (χ2v) is 4.77. The van der Waals surface area contributed by atoms with Crippen LogP contribution in [0.2, 0.25) is 0 Å². The normalized spacial score (nSPS) is 10.6. The zero-order valence-corrected chi connectivity index (χ0v) is 12.9. The van der Waals surface area contributed by atoms with Crippen LogP contribution >= 0.6 is 0 Å². The average molecular weight is 330 g/mol. The highest BCUT2D eigenvalue weighted by Crippen LogP contribution is 2.28. The Morgan fingerprint density at radius 2 is 1.92 bits per heavy atom. The summed E-state index contributed by atoms with van der Waals surface area (Å²) in [6.07, 6.45) is 2.64. The first-order valence-electron chi connectivity index (χ1n) is 7.01. The minimum absolute atomic E-state index is 0.217. The Balaban J connectivity index is 2.17. The molecule has 2 rings (SSSR count). The molecule has 0 fully saturated rings. The van der Waals surface area contributed by atoms with E-state index < -0.39 is 18.4 Å². The van der Waals surface area contributed by atoms with E-state index in [-0.39, 0.29) is 17.3 Å². The summed E-state index contributed by atoms with van der Waals surface area (Å²) < 4.78 is 23.7. The third kappa shape index (κ3) is 4.42. The predicted octanol–water partition coefficient (Wildman–Crippen LogP) is 3.19. The Hall–Kier alpha value is -3.15. The molecule has 124 valence electrons. The van der Waals surface area contributed by atoms with E-state index in [1.807, 2.05) is 0 Å². The molecule has 0 unspecified atom stereocenters. The number of allylic oxidation sites excluding steroid dienone is 1. The van der Waals surface area contributed by atoms with Crippen LogP contribution in [-0.2, 0) is 4.79 Å². The van der Waals surface area contributed by atoms with Gasteiger partial charge in [0.05, 0.1) is 7.11 Å². The highest BCUT2D eigenvalue weighted by atomic mass is 19.1. The molecule has 1 N–H and O–H groups in total. The molecule has 6 heteroatoms. The molecule has 0 aliphatic carbocycles. The minimum atomic E-state index is -1.12. The number of aliphatic carboxylic acids is 1. The molecule has 0 amide bonds. The molecule has 0 radical (unpaired) electrons. The van der Waals surface area contributed by atoms with Crippen molar-refractivity contribution in [3.05, 3.63) is 65.5 Å². The van der Waals surface area contributed by atoms with Crippen molar-refractivity contribution in [1.29, 1.82) is 0 Å². The van der Waals surface area contributed by atoms with Crippen LogP contribution in [0.3, 0.4) is 0 Å². The smallest absolute Gasteiger partial charge is 0.341 e. The summed E-state index contributed by atoms with van der Waals surface area (Å²) >= 11 is 0. The lowest BCUT2D eigenvalue weighted by molar-refractivity contribution is -0.139. The van der Waals surface area contributed by atoms with Gasteiger partial charge in [0.1, 0.15) is 5.82 Å². The highest BCUT2D eigenvalue weighted by Gasteiger charge is 2.11. The largest absolute Gasteiger partial charge is 0.493 e. The summed E-state index contributed by atoms with van der Waals surface area (Å²) in [6, 6.07) is 10.5. The van der Waals surface area contributed by atoms with Crippen LogP contribution in [0.25, 0.3) is 6.08 Å². The lowest BCUT2D eigenvalue weighted by Crippen LogP contribution is -2.10. The summed E-state index contributed by atoms with van der Waals surface area (Å²) in [6.45, 7) is -0.517. The summed E-state index contributed by atoms with van der Waals surface area (Å²) in [5, 5.41) is 8.62. The molecule has 24 heavy (non-hydrogen) atoms. The summed E-state index contributed by atoms with van der Waals surface area (Å²) in [4.78, 5) is 22.7. The van der Waals surface area contributed by atoms with Gasteiger partial charge in [0.15, 0.2) is 23.9 Å². The van der Waals surface area contributed by atoms with Gasteiger partial charge >= 0.3 is 5.97 Å². The first kappa shape index (κ1) is 17.2. The Kier molecular flexibility index (Phi) is 5.68. The number of halogens is 1. The van der Waals surface area contributed by atoms with E-state index in [1.165, 1.54) is 43.5 Å². The molecule has 0 bridgehead atoms. The first-order chi connectivity index (χ1) is 11.5. The fraction of sp³-hybridized carbons (Fsp3) is 0.111. The number of hydrogen-bond acceptors (Lipinski definition) is 4. The molecule has 0 aliphatic heterocycles. The standard InChI is InChI=1S/C18H15FO5/c1-23-17-10-13(7-9-16(17)24-11-18(21)22)15(20)8-6-12-4-2-3-5-14(12)19/h2-10H,11H2,1H3,(H,21,22)/b8-6+. The molecule has 5 nitrogen and oxygen atoms in total. The fourth-order valence-electron chi connectivity index (χ4n) is 1.95. The SMILES string of the molecule is COc1cc(C(=O)/C=C/c2ccccc2F)ccc1OCC(=O)O. The van der Waals surface area contributed by atoms with Crippen LogP contribution in [0, 0.1) is 5.82 Å². The van der Waals surface area contributed by atoms with Crippen molar-refractivity contribution < 1.29 is 28.6 Å². The summed E-state index contributed by atoms with van der Waals surface area (Å²) in [7, 11) is 1.38. The highest BCUT2D eigenvalue weighted by molar-refractivity contribution is 6.07. The van der Waals surface area contributed by atoms with Crippen LogP contribution < -0.4 is 9.47 Å². The number of carbonyl (C=O) groups excluding carboxylic acids is 1. The number of methoxy groups -OCH3 is 1. The zero-order chi connectivity index (χ0) is 17.5. The van der Waals surface area contributed by atoms with Crippen LogP contribution in [0.4, 0.5) is 4.39 Å². The third-order valence-electron chi connectivity index (χ3n) is 3.12. The Morgan fingerprint density at radius 1 is 1.17 bits per heavy atom. The molecule has 0 aromatic heterocycles. The van der Waals surface area contributed by atoms with Gasteiger partial charge in [-0.05, 0) is 36.4 Å². The van der Waals surface area contributed by atoms with Crippen molar-refractivity contribution in [1.82, 2.24) is 0 Å². The lowest BCUT2D eigenvalue weighted by atomic mass is 10.1. The molecule has 2 aromatic rings. The molecule has 0 atom stereocenters. The van der Waals surface area contributed by atoms with E-state index in [4.69, 9.17) is 14.6 Å². The number of carboxylic acid groups (broad SMARTS) is 1. The average Bonchev–Trinajstić information content (AvgIpc) is 2.58. The van der Waals surface area contributed by atoms with Crippen LogP contribution in [-0.4, -0.2) is 30.6 Å². The van der Waals surface area contributed by atoms with Crippen molar-refractivity contribution in [2.75, 3.05) is 13.7 Å². The Morgan fingerprint density at radius 3 is 2.58 bits per heavy atom. The van der Waals surface area contributed by atoms with Crippen molar-refractivity contribution in [3.63, 3.8) is 0 Å². The van der Waals surface area contributed by atoms with E-state index in [1.54, 1.807) is 18.2 Å².